The Kier molecular flexibility index (Phi) is 7.64. The van der Waals surface area contributed by atoms with Crippen LogP contribution in [0.25, 0.3) is 0 Å². The summed E-state index contributed by atoms with van der Waals surface area (Å²) < 4.78 is 16.7. The first kappa shape index (κ1) is 23.3. The number of anilines is 1. The van der Waals surface area contributed by atoms with Gasteiger partial charge in [-0.3, -0.25) is 9.78 Å². The third-order valence-electron chi connectivity index (χ3n) is 5.42. The third-order valence-corrected chi connectivity index (χ3v) is 6.02. The largest absolute Gasteiger partial charge is 0.493 e. The first-order valence-electron chi connectivity index (χ1n) is 10.6. The van der Waals surface area contributed by atoms with Crippen LogP contribution in [0.1, 0.15) is 18.4 Å². The fraction of sp³-hybridized carbons (Fsp3) is 0.348. The van der Waals surface area contributed by atoms with Crippen LogP contribution in [-0.4, -0.2) is 48.9 Å². The maximum Gasteiger partial charge on any atom is 0.256 e. The van der Waals surface area contributed by atoms with E-state index in [1.54, 1.807) is 30.6 Å². The van der Waals surface area contributed by atoms with Gasteiger partial charge in [0.25, 0.3) is 5.91 Å². The Balaban J connectivity index is 1.50. The number of hydrogen-bond donors (Lipinski definition) is 3. The third kappa shape index (κ3) is 5.55. The highest BCUT2D eigenvalue weighted by Crippen LogP contribution is 2.33. The van der Waals surface area contributed by atoms with E-state index in [-0.39, 0.29) is 17.0 Å². The molecule has 2 aromatic rings. The Bertz CT molecular complexity index is 1070. The Morgan fingerprint density at radius 1 is 1.39 bits per heavy atom. The minimum atomic E-state index is -0.240. The second kappa shape index (κ2) is 10.8. The number of ether oxygens (including phenoxy) is 3. The lowest BCUT2D eigenvalue weighted by molar-refractivity contribution is -0.117. The van der Waals surface area contributed by atoms with Crippen LogP contribution in [0, 0.1) is 0 Å². The number of nitrogens with one attached hydrogen (secondary N) is 3. The van der Waals surface area contributed by atoms with Crippen LogP contribution in [0.15, 0.2) is 47.9 Å². The van der Waals surface area contributed by atoms with Crippen molar-refractivity contribution in [3.8, 4) is 11.5 Å². The van der Waals surface area contributed by atoms with Gasteiger partial charge in [0.15, 0.2) is 5.75 Å². The Morgan fingerprint density at radius 2 is 2.24 bits per heavy atom. The summed E-state index contributed by atoms with van der Waals surface area (Å²) in [6.45, 7) is 2.25. The van der Waals surface area contributed by atoms with Crippen LogP contribution < -0.4 is 25.4 Å². The van der Waals surface area contributed by atoms with Gasteiger partial charge in [0.2, 0.25) is 0 Å². The fourth-order valence-corrected chi connectivity index (χ4v) is 4.13. The molecular formula is C23H25ClN4O4S. The van der Waals surface area contributed by atoms with Crippen molar-refractivity contribution in [2.75, 3.05) is 32.2 Å². The van der Waals surface area contributed by atoms with E-state index in [1.165, 1.54) is 7.11 Å². The molecule has 3 heterocycles. The number of aromatic nitrogens is 1. The minimum absolute atomic E-state index is 0.134. The molecule has 0 bridgehead atoms. The van der Waals surface area contributed by atoms with Crippen molar-refractivity contribution in [3.63, 3.8) is 0 Å². The highest BCUT2D eigenvalue weighted by Gasteiger charge is 2.25. The quantitative estimate of drug-likeness (QED) is 0.463. The van der Waals surface area contributed by atoms with Crippen LogP contribution in [0.3, 0.4) is 0 Å². The van der Waals surface area contributed by atoms with Crippen LogP contribution in [0.5, 0.6) is 11.5 Å². The molecule has 0 radical (unpaired) electrons. The van der Waals surface area contributed by atoms with E-state index in [4.69, 9.17) is 38.0 Å². The summed E-state index contributed by atoms with van der Waals surface area (Å²) in [5.41, 5.74) is 2.65. The van der Waals surface area contributed by atoms with Gasteiger partial charge in [0, 0.05) is 50.0 Å². The molecule has 10 heteroatoms. The topological polar surface area (TPSA) is 93.7 Å². The zero-order valence-electron chi connectivity index (χ0n) is 18.2. The van der Waals surface area contributed by atoms with Crippen LogP contribution in [0.2, 0.25) is 5.02 Å². The average molecular weight is 489 g/mol. The first-order chi connectivity index (χ1) is 16.1. The summed E-state index contributed by atoms with van der Waals surface area (Å²) in [4.78, 5) is 17.2. The van der Waals surface area contributed by atoms with Crippen molar-refractivity contribution in [1.82, 2.24) is 15.6 Å². The van der Waals surface area contributed by atoms with Gasteiger partial charge < -0.3 is 30.2 Å². The maximum atomic E-state index is 12.7. The molecule has 2 aliphatic heterocycles. The molecule has 1 saturated heterocycles. The van der Waals surface area contributed by atoms with Crippen molar-refractivity contribution < 1.29 is 19.0 Å². The zero-order chi connectivity index (χ0) is 23.2. The van der Waals surface area contributed by atoms with Gasteiger partial charge in [0.05, 0.1) is 35.7 Å². The number of para-hydroxylation sites is 1. The van der Waals surface area contributed by atoms with Crippen molar-refractivity contribution in [2.45, 2.75) is 25.5 Å². The van der Waals surface area contributed by atoms with Crippen molar-refractivity contribution in [1.29, 1.82) is 0 Å². The summed E-state index contributed by atoms with van der Waals surface area (Å²) >= 11 is 11.8. The summed E-state index contributed by atoms with van der Waals surface area (Å²) in [6, 6.07) is 7.18. The lowest BCUT2D eigenvalue weighted by atomic mass is 10.1. The first-order valence-corrected chi connectivity index (χ1v) is 11.4. The molecule has 1 atom stereocenters. The summed E-state index contributed by atoms with van der Waals surface area (Å²) in [6.07, 6.45) is 5.16. The van der Waals surface area contributed by atoms with Crippen LogP contribution in [0.4, 0.5) is 5.69 Å². The number of rotatable bonds is 9. The van der Waals surface area contributed by atoms with Gasteiger partial charge in [-0.05, 0) is 18.2 Å². The highest BCUT2D eigenvalue weighted by atomic mass is 35.5. The van der Waals surface area contributed by atoms with E-state index in [1.807, 2.05) is 6.07 Å². The zero-order valence-corrected chi connectivity index (χ0v) is 19.7. The number of methoxy groups -OCH3 is 1. The van der Waals surface area contributed by atoms with E-state index in [0.29, 0.717) is 53.9 Å². The van der Waals surface area contributed by atoms with Crippen LogP contribution in [-0.2, 0) is 16.1 Å². The number of amides is 1. The number of carbonyl (C=O) groups excluding carboxylic acids is 1. The molecule has 0 aliphatic carbocycles. The van der Waals surface area contributed by atoms with Gasteiger partial charge in [-0.1, -0.05) is 29.9 Å². The molecule has 174 valence electrons. The Hall–Kier alpha value is -2.88. The van der Waals surface area contributed by atoms with E-state index in [0.717, 1.165) is 24.3 Å². The van der Waals surface area contributed by atoms with Crippen molar-refractivity contribution in [3.05, 3.63) is 58.5 Å². The number of halogens is 1. The van der Waals surface area contributed by atoms with Crippen molar-refractivity contribution in [2.24, 2.45) is 0 Å². The Morgan fingerprint density at radius 3 is 3.00 bits per heavy atom. The van der Waals surface area contributed by atoms with E-state index in [9.17, 15) is 4.79 Å². The molecular weight excluding hydrogens is 464 g/mol. The molecule has 1 aromatic heterocycles. The fourth-order valence-electron chi connectivity index (χ4n) is 3.55. The van der Waals surface area contributed by atoms with Crippen molar-refractivity contribution >= 4 is 40.4 Å². The molecule has 1 unspecified atom stereocenters. The highest BCUT2D eigenvalue weighted by molar-refractivity contribution is 7.81. The molecule has 3 N–H and O–H groups in total. The molecule has 1 amide bonds. The van der Waals surface area contributed by atoms with Gasteiger partial charge in [0.1, 0.15) is 17.3 Å². The van der Waals surface area contributed by atoms with Gasteiger partial charge in [-0.15, -0.1) is 0 Å². The molecule has 0 spiro atoms. The predicted molar refractivity (Wildman–Crippen MR) is 130 cm³/mol. The normalized spacial score (nSPS) is 17.6. The summed E-state index contributed by atoms with van der Waals surface area (Å²) in [5, 5.41) is 9.78. The Labute approximate surface area is 202 Å². The lowest BCUT2D eigenvalue weighted by Gasteiger charge is -2.27. The van der Waals surface area contributed by atoms with E-state index >= 15 is 0 Å². The predicted octanol–water partition coefficient (Wildman–Crippen LogP) is 3.21. The molecule has 33 heavy (non-hydrogen) atoms. The standard InChI is InChI=1S/C23H25ClN4O4S/c1-30-21-16(24)3-2-4-18(21)28-23(33)20-17(6-9-26-22(20)29)27-11-14-5-8-25-12-19(14)32-13-15-7-10-31-15/h2-5,8,12,15,27H,6-7,9-11,13H2,1H3,(H,26,29)(H,28,33). The number of thiocarbonyl (C=S) groups is 1. The molecule has 1 fully saturated rings. The lowest BCUT2D eigenvalue weighted by Crippen LogP contribution is -2.39. The van der Waals surface area contributed by atoms with E-state index < -0.39 is 0 Å². The number of hydrogen-bond acceptors (Lipinski definition) is 7. The minimum Gasteiger partial charge on any atom is -0.493 e. The molecule has 4 rings (SSSR count). The number of benzene rings is 1. The molecule has 1 aromatic carbocycles. The molecule has 2 aliphatic rings. The van der Waals surface area contributed by atoms with Gasteiger partial charge >= 0.3 is 0 Å². The maximum absolute atomic E-state index is 12.7. The van der Waals surface area contributed by atoms with E-state index in [2.05, 4.69) is 20.9 Å². The summed E-state index contributed by atoms with van der Waals surface area (Å²) in [7, 11) is 1.53. The van der Waals surface area contributed by atoms with Crippen LogP contribution >= 0.6 is 23.8 Å². The van der Waals surface area contributed by atoms with Gasteiger partial charge in [-0.2, -0.15) is 0 Å². The average Bonchev–Trinajstić information content (AvgIpc) is 2.77. The second-order valence-electron chi connectivity index (χ2n) is 7.56. The number of carbonyl (C=O) groups is 1. The monoisotopic (exact) mass is 488 g/mol. The molecule has 8 nitrogen and oxygen atoms in total. The number of pyridine rings is 1. The smallest absolute Gasteiger partial charge is 0.256 e. The summed E-state index contributed by atoms with van der Waals surface area (Å²) in [5.74, 6) is 0.907. The SMILES string of the molecule is COc1c(Cl)cccc1NC(=S)C1=C(NCc2ccncc2OCC2CCO2)CCNC1=O. The second-order valence-corrected chi connectivity index (χ2v) is 8.38. The molecule has 0 saturated carbocycles. The number of nitrogens with zero attached hydrogens (tertiary/aromatic N) is 1. The van der Waals surface area contributed by atoms with Gasteiger partial charge in [-0.25, -0.2) is 0 Å².